The number of aliphatic hydroxyl groups is 1. The molecule has 3 aromatic rings. The highest BCUT2D eigenvalue weighted by atomic mass is 79.9. The molecule has 1 aromatic carbocycles. The normalized spacial score (nSPS) is 12.5. The maximum absolute atomic E-state index is 10.5. The van der Waals surface area contributed by atoms with Gasteiger partial charge in [0.2, 0.25) is 0 Å². The zero-order valence-electron chi connectivity index (χ0n) is 11.0. The topological polar surface area (TPSA) is 46.0 Å². The van der Waals surface area contributed by atoms with Crippen LogP contribution in [0.2, 0.25) is 0 Å². The largest absolute Gasteiger partial charge is 0.386 e. The van der Waals surface area contributed by atoms with E-state index in [1.54, 1.807) is 12.4 Å². The van der Waals surface area contributed by atoms with Crippen molar-refractivity contribution in [2.24, 2.45) is 0 Å². The van der Waals surface area contributed by atoms with Crippen LogP contribution in [-0.4, -0.2) is 15.1 Å². The predicted molar refractivity (Wildman–Crippen MR) is 90.0 cm³/mol. The third-order valence-electron chi connectivity index (χ3n) is 3.21. The van der Waals surface area contributed by atoms with Crippen LogP contribution >= 0.6 is 31.9 Å². The number of rotatable bonds is 3. The first kappa shape index (κ1) is 14.6. The molecule has 0 spiro atoms. The van der Waals surface area contributed by atoms with E-state index >= 15 is 0 Å². The molecule has 0 bridgehead atoms. The van der Waals surface area contributed by atoms with Crippen molar-refractivity contribution in [3.63, 3.8) is 0 Å². The molecular formula is C16H12Br2N2O. The molecule has 106 valence electrons. The predicted octanol–water partition coefficient (Wildman–Crippen LogP) is 4.43. The molecule has 5 heteroatoms. The van der Waals surface area contributed by atoms with Gasteiger partial charge in [-0.2, -0.15) is 0 Å². The SMILES string of the molecule is OC(Cc1cncc(Br)c1)c1nc2ccccc2cc1Br. The van der Waals surface area contributed by atoms with Crippen molar-refractivity contribution in [3.05, 3.63) is 69.0 Å². The van der Waals surface area contributed by atoms with Gasteiger partial charge in [0.15, 0.2) is 0 Å². The van der Waals surface area contributed by atoms with Crippen LogP contribution in [0.5, 0.6) is 0 Å². The lowest BCUT2D eigenvalue weighted by Gasteiger charge is -2.13. The van der Waals surface area contributed by atoms with Crippen LogP contribution < -0.4 is 0 Å². The van der Waals surface area contributed by atoms with Gasteiger partial charge in [0.25, 0.3) is 0 Å². The molecule has 0 fully saturated rings. The number of nitrogens with zero attached hydrogens (tertiary/aromatic N) is 2. The maximum atomic E-state index is 10.5. The van der Waals surface area contributed by atoms with Gasteiger partial charge in [-0.3, -0.25) is 4.98 Å². The van der Waals surface area contributed by atoms with Gasteiger partial charge in [0.05, 0.1) is 11.2 Å². The number of para-hydroxylation sites is 1. The average molecular weight is 408 g/mol. The highest BCUT2D eigenvalue weighted by molar-refractivity contribution is 9.10. The first-order chi connectivity index (χ1) is 10.1. The molecular weight excluding hydrogens is 396 g/mol. The van der Waals surface area contributed by atoms with Crippen LogP contribution in [0.15, 0.2) is 57.7 Å². The Kier molecular flexibility index (Phi) is 4.33. The van der Waals surface area contributed by atoms with Crippen LogP contribution in [0.1, 0.15) is 17.4 Å². The Labute approximate surface area is 139 Å². The van der Waals surface area contributed by atoms with Gasteiger partial charge in [-0.15, -0.1) is 0 Å². The molecule has 0 aliphatic carbocycles. The monoisotopic (exact) mass is 406 g/mol. The molecule has 0 aliphatic heterocycles. The number of benzene rings is 1. The summed E-state index contributed by atoms with van der Waals surface area (Å²) in [5.74, 6) is 0. The number of hydrogen-bond donors (Lipinski definition) is 1. The van der Waals surface area contributed by atoms with Crippen molar-refractivity contribution in [2.75, 3.05) is 0 Å². The molecule has 2 heterocycles. The Morgan fingerprint density at radius 2 is 1.90 bits per heavy atom. The van der Waals surface area contributed by atoms with Gasteiger partial charge in [0, 0.05) is 33.1 Å². The van der Waals surface area contributed by atoms with E-state index in [2.05, 4.69) is 41.8 Å². The van der Waals surface area contributed by atoms with Gasteiger partial charge in [-0.25, -0.2) is 4.98 Å². The Morgan fingerprint density at radius 3 is 2.71 bits per heavy atom. The number of pyridine rings is 2. The molecule has 3 nitrogen and oxygen atoms in total. The summed E-state index contributed by atoms with van der Waals surface area (Å²) in [7, 11) is 0. The van der Waals surface area contributed by atoms with E-state index in [0.717, 1.165) is 25.4 Å². The summed E-state index contributed by atoms with van der Waals surface area (Å²) in [5, 5.41) is 11.5. The van der Waals surface area contributed by atoms with Crippen LogP contribution in [0.3, 0.4) is 0 Å². The fraction of sp³-hybridized carbons (Fsp3) is 0.125. The van der Waals surface area contributed by atoms with Gasteiger partial charge < -0.3 is 5.11 Å². The number of fused-ring (bicyclic) bond motifs is 1. The highest BCUT2D eigenvalue weighted by Crippen LogP contribution is 2.28. The first-order valence-corrected chi connectivity index (χ1v) is 8.05. The van der Waals surface area contributed by atoms with Crippen LogP contribution in [0, 0.1) is 0 Å². The van der Waals surface area contributed by atoms with Gasteiger partial charge in [0.1, 0.15) is 6.10 Å². The summed E-state index contributed by atoms with van der Waals surface area (Å²) in [6, 6.07) is 11.8. The third kappa shape index (κ3) is 3.31. The fourth-order valence-electron chi connectivity index (χ4n) is 2.23. The molecule has 0 amide bonds. The van der Waals surface area contributed by atoms with Crippen molar-refractivity contribution < 1.29 is 5.11 Å². The smallest absolute Gasteiger partial charge is 0.101 e. The molecule has 3 rings (SSSR count). The number of aromatic nitrogens is 2. The summed E-state index contributed by atoms with van der Waals surface area (Å²) in [6.45, 7) is 0. The summed E-state index contributed by atoms with van der Waals surface area (Å²) >= 11 is 6.88. The van der Waals surface area contributed by atoms with Crippen molar-refractivity contribution in [3.8, 4) is 0 Å². The standard InChI is InChI=1S/C16H12Br2N2O/c17-12-5-10(8-19-9-12)6-15(21)16-13(18)7-11-3-1-2-4-14(11)20-16/h1-5,7-9,15,21H,6H2. The van der Waals surface area contributed by atoms with Crippen molar-refractivity contribution in [1.29, 1.82) is 0 Å². The zero-order chi connectivity index (χ0) is 14.8. The minimum atomic E-state index is -0.680. The van der Waals surface area contributed by atoms with Crippen LogP contribution in [0.4, 0.5) is 0 Å². The van der Waals surface area contributed by atoms with Gasteiger partial charge in [-0.1, -0.05) is 18.2 Å². The quantitative estimate of drug-likeness (QED) is 0.698. The second-order valence-corrected chi connectivity index (χ2v) is 6.55. The molecule has 0 aliphatic rings. The third-order valence-corrected chi connectivity index (χ3v) is 4.28. The highest BCUT2D eigenvalue weighted by Gasteiger charge is 2.15. The Hall–Kier alpha value is -1.30. The number of aliphatic hydroxyl groups excluding tert-OH is 1. The molecule has 21 heavy (non-hydrogen) atoms. The van der Waals surface area contributed by atoms with Crippen LogP contribution in [0.25, 0.3) is 10.9 Å². The maximum Gasteiger partial charge on any atom is 0.101 e. The van der Waals surface area contributed by atoms with E-state index in [9.17, 15) is 5.11 Å². The molecule has 1 N–H and O–H groups in total. The lowest BCUT2D eigenvalue weighted by atomic mass is 10.1. The molecule has 2 aromatic heterocycles. The minimum absolute atomic E-state index is 0.469. The number of hydrogen-bond acceptors (Lipinski definition) is 3. The van der Waals surface area contributed by atoms with Crippen molar-refractivity contribution in [2.45, 2.75) is 12.5 Å². The lowest BCUT2D eigenvalue weighted by Crippen LogP contribution is -2.06. The first-order valence-electron chi connectivity index (χ1n) is 6.46. The minimum Gasteiger partial charge on any atom is -0.386 e. The Balaban J connectivity index is 1.93. The zero-order valence-corrected chi connectivity index (χ0v) is 14.2. The summed E-state index contributed by atoms with van der Waals surface area (Å²) < 4.78 is 1.72. The molecule has 1 atom stereocenters. The van der Waals surface area contributed by atoms with E-state index in [0.29, 0.717) is 12.1 Å². The number of halogens is 2. The Morgan fingerprint density at radius 1 is 1.10 bits per heavy atom. The lowest BCUT2D eigenvalue weighted by molar-refractivity contribution is 0.173. The van der Waals surface area contributed by atoms with E-state index < -0.39 is 6.10 Å². The van der Waals surface area contributed by atoms with Gasteiger partial charge >= 0.3 is 0 Å². The molecule has 0 saturated heterocycles. The Bertz CT molecular complexity index is 792. The van der Waals surface area contributed by atoms with Crippen molar-refractivity contribution in [1.82, 2.24) is 9.97 Å². The van der Waals surface area contributed by atoms with Gasteiger partial charge in [-0.05, 0) is 55.6 Å². The second kappa shape index (κ2) is 6.22. The average Bonchev–Trinajstić information content (AvgIpc) is 2.46. The summed E-state index contributed by atoms with van der Waals surface area (Å²) in [4.78, 5) is 8.68. The summed E-state index contributed by atoms with van der Waals surface area (Å²) in [5.41, 5.74) is 2.48. The molecule has 0 saturated carbocycles. The molecule has 0 radical (unpaired) electrons. The van der Waals surface area contributed by atoms with E-state index in [4.69, 9.17) is 0 Å². The van der Waals surface area contributed by atoms with Crippen LogP contribution in [-0.2, 0) is 6.42 Å². The van der Waals surface area contributed by atoms with E-state index in [1.165, 1.54) is 0 Å². The van der Waals surface area contributed by atoms with Crippen molar-refractivity contribution >= 4 is 42.8 Å². The second-order valence-electron chi connectivity index (χ2n) is 4.78. The summed E-state index contributed by atoms with van der Waals surface area (Å²) in [6.07, 6.45) is 3.26. The fourth-order valence-corrected chi connectivity index (χ4v) is 3.24. The van der Waals surface area contributed by atoms with E-state index in [-0.39, 0.29) is 0 Å². The van der Waals surface area contributed by atoms with E-state index in [1.807, 2.05) is 36.4 Å². The molecule has 1 unspecified atom stereocenters.